The van der Waals surface area contributed by atoms with Crippen LogP contribution >= 0.6 is 21.6 Å². The summed E-state index contributed by atoms with van der Waals surface area (Å²) in [5.74, 6) is -2.86. The normalized spacial score (nSPS) is 11.2. The highest BCUT2D eigenvalue weighted by atomic mass is 33.1. The number of carboxylic acids is 2. The van der Waals surface area contributed by atoms with Crippen molar-refractivity contribution in [2.45, 2.75) is 24.4 Å². The van der Waals surface area contributed by atoms with Crippen molar-refractivity contribution in [3.8, 4) is 0 Å². The molecule has 0 fully saturated rings. The lowest BCUT2D eigenvalue weighted by Crippen LogP contribution is -2.26. The number of alkyl halides is 3. The Morgan fingerprint density at radius 3 is 2.13 bits per heavy atom. The second kappa shape index (κ2) is 12.7. The molecule has 0 bridgehead atoms. The zero-order valence-corrected chi connectivity index (χ0v) is 17.9. The molecule has 0 aromatic heterocycles. The summed E-state index contributed by atoms with van der Waals surface area (Å²) in [5, 5.41) is 23.4. The maximum absolute atomic E-state index is 12.0. The number of carbonyl (C=O) groups excluding carboxylic acids is 1. The predicted octanol–water partition coefficient (Wildman–Crippen LogP) is 1.86. The van der Waals surface area contributed by atoms with E-state index in [0.717, 1.165) is 0 Å². The molecule has 0 saturated carbocycles. The molecule has 1 rings (SSSR count). The zero-order chi connectivity index (χ0) is 23.5. The predicted molar refractivity (Wildman–Crippen MR) is 106 cm³/mol. The van der Waals surface area contributed by atoms with Crippen LogP contribution in [-0.2, 0) is 19.6 Å². The van der Waals surface area contributed by atoms with Gasteiger partial charge in [-0.15, -0.1) is 0 Å². The van der Waals surface area contributed by atoms with Gasteiger partial charge in [0, 0.05) is 23.6 Å². The minimum atomic E-state index is -5.08. The zero-order valence-electron chi connectivity index (χ0n) is 15.4. The highest BCUT2D eigenvalue weighted by molar-refractivity contribution is 8.76. The Morgan fingerprint density at radius 2 is 1.67 bits per heavy atom. The van der Waals surface area contributed by atoms with Crippen molar-refractivity contribution in [2.24, 2.45) is 5.14 Å². The lowest BCUT2D eigenvalue weighted by molar-refractivity contribution is -0.192. The first-order chi connectivity index (χ1) is 13.7. The molecule has 0 atom stereocenters. The third-order valence-corrected chi connectivity index (χ3v) is 6.41. The van der Waals surface area contributed by atoms with E-state index in [-0.39, 0.29) is 22.8 Å². The molecule has 0 unspecified atom stereocenters. The number of nitrogens with two attached hydrogens (primary N) is 1. The van der Waals surface area contributed by atoms with Gasteiger partial charge in [-0.05, 0) is 24.6 Å². The Morgan fingerprint density at radius 1 is 1.13 bits per heavy atom. The molecule has 9 nitrogen and oxygen atoms in total. The number of hydrogen-bond acceptors (Lipinski definition) is 7. The average molecular weight is 493 g/mol. The van der Waals surface area contributed by atoms with E-state index in [9.17, 15) is 31.2 Å². The summed E-state index contributed by atoms with van der Waals surface area (Å²) in [5.41, 5.74) is 0.706. The van der Waals surface area contributed by atoms with Crippen LogP contribution in [0.3, 0.4) is 0 Å². The van der Waals surface area contributed by atoms with Gasteiger partial charge in [-0.2, -0.15) is 13.2 Å². The molecule has 0 aliphatic heterocycles. The Labute approximate surface area is 178 Å². The highest BCUT2D eigenvalue weighted by Gasteiger charge is 2.38. The summed E-state index contributed by atoms with van der Waals surface area (Å²) in [4.78, 5) is 31.1. The summed E-state index contributed by atoms with van der Waals surface area (Å²) in [7, 11) is -0.977. The van der Waals surface area contributed by atoms with Crippen LogP contribution in [0.5, 0.6) is 0 Å². The van der Waals surface area contributed by atoms with E-state index < -0.39 is 28.1 Å². The van der Waals surface area contributed by atoms with Gasteiger partial charge in [0.1, 0.15) is 0 Å². The van der Waals surface area contributed by atoms with E-state index in [1.165, 1.54) is 39.8 Å². The van der Waals surface area contributed by atoms with Gasteiger partial charge in [0.15, 0.2) is 0 Å². The van der Waals surface area contributed by atoms with Gasteiger partial charge in [-0.1, -0.05) is 27.7 Å². The van der Waals surface area contributed by atoms with E-state index in [1.807, 2.05) is 0 Å². The maximum Gasteiger partial charge on any atom is 0.490 e. The van der Waals surface area contributed by atoms with Crippen molar-refractivity contribution in [1.82, 2.24) is 5.32 Å². The number of halogens is 3. The number of sulfonamides is 1. The largest absolute Gasteiger partial charge is 0.490 e. The number of benzene rings is 1. The number of primary sulfonamides is 1. The number of carboxylic acid groups (broad SMARTS) is 2. The maximum atomic E-state index is 12.0. The molecule has 5 N–H and O–H groups in total. The Balaban J connectivity index is 0.00000103. The van der Waals surface area contributed by atoms with Gasteiger partial charge in [0.05, 0.1) is 11.3 Å². The van der Waals surface area contributed by atoms with Crippen molar-refractivity contribution in [2.75, 3.05) is 18.1 Å². The van der Waals surface area contributed by atoms with Crippen LogP contribution < -0.4 is 10.5 Å². The van der Waals surface area contributed by atoms with Gasteiger partial charge < -0.3 is 15.5 Å². The van der Waals surface area contributed by atoms with Gasteiger partial charge >= 0.3 is 18.1 Å². The Kier molecular flexibility index (Phi) is 11.8. The smallest absolute Gasteiger partial charge is 0.481 e. The summed E-state index contributed by atoms with van der Waals surface area (Å²) in [6.07, 6.45) is -4.98. The first-order valence-corrected chi connectivity index (χ1v) is 11.9. The van der Waals surface area contributed by atoms with Crippen LogP contribution in [0.4, 0.5) is 13.2 Å². The number of nitrogens with one attached hydrogen (secondary N) is 1. The molecule has 170 valence electrons. The van der Waals surface area contributed by atoms with E-state index in [0.29, 0.717) is 23.6 Å². The van der Waals surface area contributed by atoms with Crippen LogP contribution in [0.15, 0.2) is 23.1 Å². The van der Waals surface area contributed by atoms with Crippen LogP contribution in [0.1, 0.15) is 22.3 Å². The first kappa shape index (κ1) is 28.0. The monoisotopic (exact) mass is 492 g/mol. The fourth-order valence-corrected chi connectivity index (χ4v) is 4.30. The summed E-state index contributed by atoms with van der Waals surface area (Å²) in [6, 6.07) is 4.33. The van der Waals surface area contributed by atoms with Crippen LogP contribution in [0, 0.1) is 6.92 Å². The van der Waals surface area contributed by atoms with Crippen LogP contribution in [0.25, 0.3) is 0 Å². The molecule has 0 aliphatic rings. The van der Waals surface area contributed by atoms with Crippen molar-refractivity contribution >= 4 is 49.5 Å². The number of hydrogen-bond donors (Lipinski definition) is 4. The minimum Gasteiger partial charge on any atom is -0.481 e. The molecule has 1 amide bonds. The summed E-state index contributed by atoms with van der Waals surface area (Å²) >= 11 is 0. The van der Waals surface area contributed by atoms with Crippen molar-refractivity contribution in [3.63, 3.8) is 0 Å². The molecule has 30 heavy (non-hydrogen) atoms. The second-order valence-electron chi connectivity index (χ2n) is 5.37. The second-order valence-corrected chi connectivity index (χ2v) is 9.60. The standard InChI is InChI=1S/C13H18N2O5S3.C2HF3O2/c1-9-2-3-10(8-11(9)23(14,19)20)13(18)15-5-7-22-21-6-4-12(16)17;3-2(4,5)1(6)7/h2-3,8H,4-7H2,1H3,(H,15,18)(H,16,17)(H2,14,19,20);(H,6,7). The lowest BCUT2D eigenvalue weighted by atomic mass is 10.1. The number of carbonyl (C=O) groups is 3. The van der Waals surface area contributed by atoms with E-state index >= 15 is 0 Å². The van der Waals surface area contributed by atoms with Crippen molar-refractivity contribution in [1.29, 1.82) is 0 Å². The lowest BCUT2D eigenvalue weighted by Gasteiger charge is -2.08. The van der Waals surface area contributed by atoms with Gasteiger partial charge in [0.2, 0.25) is 10.0 Å². The van der Waals surface area contributed by atoms with E-state index in [4.69, 9.17) is 20.1 Å². The molecule has 1 aromatic carbocycles. The number of aliphatic carboxylic acids is 2. The molecule has 0 radical (unpaired) electrons. The molecule has 1 aromatic rings. The molecular formula is C15H19F3N2O7S3. The highest BCUT2D eigenvalue weighted by Crippen LogP contribution is 2.21. The number of rotatable bonds is 9. The summed E-state index contributed by atoms with van der Waals surface area (Å²) in [6.45, 7) is 1.99. The molecule has 0 spiro atoms. The SMILES string of the molecule is Cc1ccc(C(=O)NCCSSCCC(=O)O)cc1S(N)(=O)=O.O=C(O)C(F)(F)F. The third kappa shape index (κ3) is 11.9. The fourth-order valence-electron chi connectivity index (χ4n) is 1.60. The molecular weight excluding hydrogens is 473 g/mol. The number of amides is 1. The van der Waals surface area contributed by atoms with E-state index in [2.05, 4.69) is 5.32 Å². The molecule has 15 heteroatoms. The molecule has 0 heterocycles. The quantitative estimate of drug-likeness (QED) is 0.297. The van der Waals surface area contributed by atoms with Crippen LogP contribution in [-0.4, -0.2) is 60.7 Å². The first-order valence-electron chi connectivity index (χ1n) is 7.84. The molecule has 0 aliphatic carbocycles. The minimum absolute atomic E-state index is 0.0660. The van der Waals surface area contributed by atoms with Gasteiger partial charge in [-0.25, -0.2) is 18.4 Å². The number of aryl methyl sites for hydroxylation is 1. The summed E-state index contributed by atoms with van der Waals surface area (Å²) < 4.78 is 54.6. The molecule has 0 saturated heterocycles. The Bertz CT molecular complexity index is 862. The average Bonchev–Trinajstić information content (AvgIpc) is 2.59. The third-order valence-electron chi connectivity index (χ3n) is 2.95. The van der Waals surface area contributed by atoms with E-state index in [1.54, 1.807) is 6.92 Å². The Hall–Kier alpha value is -1.97. The van der Waals surface area contributed by atoms with Crippen molar-refractivity contribution < 1.29 is 46.2 Å². The van der Waals surface area contributed by atoms with Gasteiger partial charge in [0.25, 0.3) is 5.91 Å². The van der Waals surface area contributed by atoms with Gasteiger partial charge in [-0.3, -0.25) is 9.59 Å². The topological polar surface area (TPSA) is 164 Å². The van der Waals surface area contributed by atoms with Crippen LogP contribution in [0.2, 0.25) is 0 Å². The van der Waals surface area contributed by atoms with Crippen molar-refractivity contribution in [3.05, 3.63) is 29.3 Å². The fraction of sp³-hybridized carbons (Fsp3) is 0.400.